The number of hydrogen-bond donors (Lipinski definition) is 2. The van der Waals surface area contributed by atoms with Crippen LogP contribution >= 0.6 is 0 Å². The average Bonchev–Trinajstić information content (AvgIpc) is 2.81. The highest BCUT2D eigenvalue weighted by Crippen LogP contribution is 2.25. The number of carbonyl (C=O) groups excluding carboxylic acids is 1. The van der Waals surface area contributed by atoms with Crippen LogP contribution in [0.5, 0.6) is 5.75 Å². The maximum absolute atomic E-state index is 13.5. The van der Waals surface area contributed by atoms with Crippen LogP contribution in [0.1, 0.15) is 17.3 Å². The van der Waals surface area contributed by atoms with Crippen LogP contribution < -0.4 is 15.4 Å². The standard InChI is InChI=1S/C25H21FN4O2/c1-2-32-23-9-4-3-8-21(23)30-25(31)17-10-12-20(13-11-17)29-24-15-22(27-16-28-24)18-6-5-7-19(26)14-18/h3-16H,2H2,1H3,(H,30,31)(H,27,28,29). The first-order valence-corrected chi connectivity index (χ1v) is 10.1. The fourth-order valence-electron chi connectivity index (χ4n) is 3.13. The van der Waals surface area contributed by atoms with Crippen molar-refractivity contribution in [3.05, 3.63) is 96.6 Å². The summed E-state index contributed by atoms with van der Waals surface area (Å²) >= 11 is 0. The van der Waals surface area contributed by atoms with E-state index >= 15 is 0 Å². The van der Waals surface area contributed by atoms with Gasteiger partial charge in [-0.2, -0.15) is 0 Å². The van der Waals surface area contributed by atoms with Gasteiger partial charge in [0.05, 0.1) is 18.0 Å². The third kappa shape index (κ3) is 5.07. The number of anilines is 3. The van der Waals surface area contributed by atoms with Gasteiger partial charge in [0, 0.05) is 22.9 Å². The Bertz CT molecular complexity index is 1230. The lowest BCUT2D eigenvalue weighted by atomic mass is 10.1. The number of para-hydroxylation sites is 2. The molecule has 32 heavy (non-hydrogen) atoms. The Labute approximate surface area is 185 Å². The van der Waals surface area contributed by atoms with Crippen molar-refractivity contribution in [2.75, 3.05) is 17.2 Å². The molecule has 1 heterocycles. The predicted molar refractivity (Wildman–Crippen MR) is 123 cm³/mol. The molecule has 0 saturated carbocycles. The molecule has 3 aromatic carbocycles. The van der Waals surface area contributed by atoms with Crippen molar-refractivity contribution < 1.29 is 13.9 Å². The van der Waals surface area contributed by atoms with Gasteiger partial charge in [-0.3, -0.25) is 4.79 Å². The molecule has 1 aromatic heterocycles. The Morgan fingerprint density at radius 3 is 2.56 bits per heavy atom. The number of halogens is 1. The van der Waals surface area contributed by atoms with Gasteiger partial charge in [0.2, 0.25) is 0 Å². The van der Waals surface area contributed by atoms with Crippen LogP contribution in [0.25, 0.3) is 11.3 Å². The van der Waals surface area contributed by atoms with Crippen LogP contribution in [0.3, 0.4) is 0 Å². The topological polar surface area (TPSA) is 76.1 Å². The van der Waals surface area contributed by atoms with Crippen molar-refractivity contribution in [1.82, 2.24) is 9.97 Å². The largest absolute Gasteiger partial charge is 0.492 e. The fraction of sp³-hybridized carbons (Fsp3) is 0.0800. The van der Waals surface area contributed by atoms with Gasteiger partial charge in [0.25, 0.3) is 5.91 Å². The molecule has 0 fully saturated rings. The van der Waals surface area contributed by atoms with Crippen molar-refractivity contribution in [2.45, 2.75) is 6.92 Å². The molecule has 0 aliphatic carbocycles. The van der Waals surface area contributed by atoms with E-state index in [1.807, 2.05) is 25.1 Å². The van der Waals surface area contributed by atoms with Gasteiger partial charge in [0.1, 0.15) is 23.7 Å². The molecule has 4 rings (SSSR count). The van der Waals surface area contributed by atoms with Crippen molar-refractivity contribution in [1.29, 1.82) is 0 Å². The van der Waals surface area contributed by atoms with Crippen LogP contribution in [-0.2, 0) is 0 Å². The van der Waals surface area contributed by atoms with Crippen LogP contribution in [0.15, 0.2) is 85.2 Å². The normalized spacial score (nSPS) is 10.4. The molecule has 4 aromatic rings. The number of nitrogens with one attached hydrogen (secondary N) is 2. The zero-order valence-electron chi connectivity index (χ0n) is 17.4. The van der Waals surface area contributed by atoms with Gasteiger partial charge in [-0.1, -0.05) is 24.3 Å². The molecule has 0 unspecified atom stereocenters. The van der Waals surface area contributed by atoms with Crippen LogP contribution in [0, 0.1) is 5.82 Å². The number of amides is 1. The summed E-state index contributed by atoms with van der Waals surface area (Å²) in [7, 11) is 0. The van der Waals surface area contributed by atoms with Crippen LogP contribution in [0.2, 0.25) is 0 Å². The summed E-state index contributed by atoms with van der Waals surface area (Å²) in [6, 6.07) is 22.3. The van der Waals surface area contributed by atoms with Gasteiger partial charge in [0.15, 0.2) is 0 Å². The van der Waals surface area contributed by atoms with Crippen molar-refractivity contribution in [3.8, 4) is 17.0 Å². The van der Waals surface area contributed by atoms with Gasteiger partial charge < -0.3 is 15.4 Å². The molecular formula is C25H21FN4O2. The highest BCUT2D eigenvalue weighted by atomic mass is 19.1. The van der Waals surface area contributed by atoms with E-state index in [-0.39, 0.29) is 11.7 Å². The molecule has 0 spiro atoms. The number of benzene rings is 3. The lowest BCUT2D eigenvalue weighted by molar-refractivity contribution is 0.102. The molecule has 0 bridgehead atoms. The second-order valence-electron chi connectivity index (χ2n) is 6.88. The summed E-state index contributed by atoms with van der Waals surface area (Å²) in [6.07, 6.45) is 1.42. The number of rotatable bonds is 7. The number of carbonyl (C=O) groups is 1. The molecule has 0 aliphatic rings. The van der Waals surface area contributed by atoms with Crippen molar-refractivity contribution in [3.63, 3.8) is 0 Å². The van der Waals surface area contributed by atoms with Gasteiger partial charge in [-0.25, -0.2) is 14.4 Å². The predicted octanol–water partition coefficient (Wildman–Crippen LogP) is 5.68. The summed E-state index contributed by atoms with van der Waals surface area (Å²) in [5.74, 6) is 0.620. The minimum absolute atomic E-state index is 0.237. The minimum atomic E-state index is -0.326. The molecule has 160 valence electrons. The monoisotopic (exact) mass is 428 g/mol. The van der Waals surface area contributed by atoms with E-state index in [0.29, 0.717) is 40.7 Å². The molecule has 0 aliphatic heterocycles. The smallest absolute Gasteiger partial charge is 0.255 e. The van der Waals surface area contributed by atoms with E-state index in [0.717, 1.165) is 5.69 Å². The summed E-state index contributed by atoms with van der Waals surface area (Å²) in [5, 5.41) is 6.05. The average molecular weight is 428 g/mol. The molecule has 2 N–H and O–H groups in total. The molecule has 0 atom stereocenters. The van der Waals surface area contributed by atoms with Crippen molar-refractivity contribution in [2.24, 2.45) is 0 Å². The first-order chi connectivity index (χ1) is 15.6. The van der Waals surface area contributed by atoms with Gasteiger partial charge >= 0.3 is 0 Å². The molecule has 1 amide bonds. The Morgan fingerprint density at radius 1 is 0.969 bits per heavy atom. The molecule has 0 radical (unpaired) electrons. The maximum Gasteiger partial charge on any atom is 0.255 e. The number of aromatic nitrogens is 2. The lowest BCUT2D eigenvalue weighted by Gasteiger charge is -2.12. The number of hydrogen-bond acceptors (Lipinski definition) is 5. The van der Waals surface area contributed by atoms with Crippen LogP contribution in [-0.4, -0.2) is 22.5 Å². The lowest BCUT2D eigenvalue weighted by Crippen LogP contribution is -2.13. The first kappa shape index (κ1) is 21.0. The summed E-state index contributed by atoms with van der Waals surface area (Å²) < 4.78 is 19.1. The van der Waals surface area contributed by atoms with Gasteiger partial charge in [-0.15, -0.1) is 0 Å². The van der Waals surface area contributed by atoms with Gasteiger partial charge in [-0.05, 0) is 55.5 Å². The molecule has 6 nitrogen and oxygen atoms in total. The zero-order chi connectivity index (χ0) is 22.3. The minimum Gasteiger partial charge on any atom is -0.492 e. The Kier molecular flexibility index (Phi) is 6.36. The van der Waals surface area contributed by atoms with Crippen molar-refractivity contribution >= 4 is 23.1 Å². The number of nitrogens with zero attached hydrogens (tertiary/aromatic N) is 2. The maximum atomic E-state index is 13.5. The quantitative estimate of drug-likeness (QED) is 0.396. The highest BCUT2D eigenvalue weighted by Gasteiger charge is 2.10. The fourth-order valence-corrected chi connectivity index (χ4v) is 3.13. The zero-order valence-corrected chi connectivity index (χ0v) is 17.4. The molecule has 0 saturated heterocycles. The summed E-state index contributed by atoms with van der Waals surface area (Å²) in [6.45, 7) is 2.40. The second kappa shape index (κ2) is 9.70. The molecule has 7 heteroatoms. The Morgan fingerprint density at radius 2 is 1.78 bits per heavy atom. The first-order valence-electron chi connectivity index (χ1n) is 10.1. The second-order valence-corrected chi connectivity index (χ2v) is 6.88. The van der Waals surface area contributed by atoms with E-state index < -0.39 is 0 Å². The third-order valence-electron chi connectivity index (χ3n) is 4.64. The Hall–Kier alpha value is -4.26. The van der Waals surface area contributed by atoms with E-state index in [1.165, 1.54) is 18.5 Å². The number of ether oxygens (including phenoxy) is 1. The third-order valence-corrected chi connectivity index (χ3v) is 4.64. The van der Waals surface area contributed by atoms with E-state index in [2.05, 4.69) is 20.6 Å². The highest BCUT2D eigenvalue weighted by molar-refractivity contribution is 6.05. The van der Waals surface area contributed by atoms with E-state index in [9.17, 15) is 9.18 Å². The van der Waals surface area contributed by atoms with E-state index in [4.69, 9.17) is 4.74 Å². The molecular weight excluding hydrogens is 407 g/mol. The van der Waals surface area contributed by atoms with E-state index in [1.54, 1.807) is 48.5 Å². The van der Waals surface area contributed by atoms with Crippen LogP contribution in [0.4, 0.5) is 21.6 Å². The Balaban J connectivity index is 1.45. The SMILES string of the molecule is CCOc1ccccc1NC(=O)c1ccc(Nc2cc(-c3cccc(F)c3)ncn2)cc1. The summed E-state index contributed by atoms with van der Waals surface area (Å²) in [5.41, 5.74) is 3.14. The summed E-state index contributed by atoms with van der Waals surface area (Å²) in [4.78, 5) is 21.1.